The molecule has 1 unspecified atom stereocenters. The number of aromatic hydroxyl groups is 1. The van der Waals surface area contributed by atoms with Crippen LogP contribution >= 0.6 is 11.3 Å². The number of hydrogen-bond acceptors (Lipinski definition) is 6. The Bertz CT molecular complexity index is 610. The van der Waals surface area contributed by atoms with Crippen LogP contribution in [-0.2, 0) is 4.79 Å². The molecule has 1 aromatic carbocycles. The molecule has 2 aromatic rings. The number of carbonyl (C=O) groups is 1. The molecule has 0 amide bonds. The van der Waals surface area contributed by atoms with Crippen LogP contribution in [0.3, 0.4) is 0 Å². The summed E-state index contributed by atoms with van der Waals surface area (Å²) in [6.45, 7) is 0. The average Bonchev–Trinajstić information content (AvgIpc) is 2.54. The number of carboxylic acids is 1. The first-order valence-corrected chi connectivity index (χ1v) is 4.98. The molecule has 0 aliphatic heterocycles. The molecule has 1 heterocycles. The van der Waals surface area contributed by atoms with Crippen molar-refractivity contribution >= 4 is 27.6 Å². The van der Waals surface area contributed by atoms with E-state index in [4.69, 9.17) is 9.52 Å². The van der Waals surface area contributed by atoms with Gasteiger partial charge in [0.25, 0.3) is 0 Å². The number of fused-ring (bicyclic) bond motifs is 1. The molecule has 0 bridgehead atoms. The van der Waals surface area contributed by atoms with E-state index < -0.39 is 17.0 Å². The molecule has 84 valence electrons. The summed E-state index contributed by atoms with van der Waals surface area (Å²) in [5, 5.41) is 27.3. The van der Waals surface area contributed by atoms with E-state index in [9.17, 15) is 19.8 Å². The molecule has 7 heteroatoms. The number of phenolic OH excluding ortho intramolecular Hbond substituents is 1. The molecule has 0 saturated heterocycles. The first kappa shape index (κ1) is 10.7. The lowest BCUT2D eigenvalue weighted by atomic mass is 10.1. The number of carboxylic acid groups (broad SMARTS) is 1. The standard InChI is InChI=1S/C9H6O6S/c10-4-2-6-5(15-9(14)16-6)1-3(4)7(11)8(12)13/h1-2,7,10-11H,(H,12,13). The van der Waals surface area contributed by atoms with E-state index in [0.29, 0.717) is 4.70 Å². The maximum Gasteiger partial charge on any atom is 0.396 e. The molecule has 0 spiro atoms. The van der Waals surface area contributed by atoms with Crippen molar-refractivity contribution in [1.29, 1.82) is 0 Å². The summed E-state index contributed by atoms with van der Waals surface area (Å²) < 4.78 is 5.13. The number of benzene rings is 1. The topological polar surface area (TPSA) is 108 Å². The first-order chi connectivity index (χ1) is 7.49. The quantitative estimate of drug-likeness (QED) is 0.714. The van der Waals surface area contributed by atoms with E-state index in [2.05, 4.69) is 0 Å². The fourth-order valence-corrected chi connectivity index (χ4v) is 1.96. The van der Waals surface area contributed by atoms with E-state index in [-0.39, 0.29) is 16.9 Å². The van der Waals surface area contributed by atoms with Crippen molar-refractivity contribution < 1.29 is 24.5 Å². The number of hydrogen-bond donors (Lipinski definition) is 3. The highest BCUT2D eigenvalue weighted by Crippen LogP contribution is 2.30. The minimum atomic E-state index is -1.85. The highest BCUT2D eigenvalue weighted by Gasteiger charge is 2.21. The van der Waals surface area contributed by atoms with Crippen LogP contribution in [0.1, 0.15) is 11.7 Å². The van der Waals surface area contributed by atoms with Gasteiger partial charge >= 0.3 is 10.9 Å². The van der Waals surface area contributed by atoms with E-state index in [1.54, 1.807) is 0 Å². The van der Waals surface area contributed by atoms with Gasteiger partial charge in [-0.25, -0.2) is 9.59 Å². The summed E-state index contributed by atoms with van der Waals surface area (Å²) in [7, 11) is 0. The Balaban J connectivity index is 2.66. The molecular formula is C9H6O6S. The van der Waals surface area contributed by atoms with Crippen molar-refractivity contribution in [1.82, 2.24) is 0 Å². The second-order valence-corrected chi connectivity index (χ2v) is 4.03. The number of rotatable bonds is 2. The number of phenols is 1. The summed E-state index contributed by atoms with van der Waals surface area (Å²) in [4.78, 5) is 20.9. The van der Waals surface area contributed by atoms with Crippen LogP contribution < -0.4 is 4.94 Å². The predicted octanol–water partition coefficient (Wildman–Crippen LogP) is 0.678. The zero-order chi connectivity index (χ0) is 11.9. The third kappa shape index (κ3) is 1.66. The molecule has 2 rings (SSSR count). The second-order valence-electron chi connectivity index (χ2n) is 3.05. The van der Waals surface area contributed by atoms with Gasteiger partial charge in [-0.05, 0) is 6.07 Å². The van der Waals surface area contributed by atoms with E-state index in [0.717, 1.165) is 17.4 Å². The summed E-state index contributed by atoms with van der Waals surface area (Å²) in [5.74, 6) is -1.88. The van der Waals surface area contributed by atoms with Gasteiger partial charge in [0.1, 0.15) is 11.3 Å². The van der Waals surface area contributed by atoms with Crippen molar-refractivity contribution in [3.63, 3.8) is 0 Å². The molecule has 0 aliphatic rings. The Kier molecular flexibility index (Phi) is 2.41. The highest BCUT2D eigenvalue weighted by molar-refractivity contribution is 7.16. The van der Waals surface area contributed by atoms with Gasteiger partial charge in [0.05, 0.1) is 4.70 Å². The van der Waals surface area contributed by atoms with Crippen LogP contribution in [-0.4, -0.2) is 21.3 Å². The van der Waals surface area contributed by atoms with Crippen molar-refractivity contribution in [3.05, 3.63) is 27.4 Å². The maximum absolute atomic E-state index is 10.9. The smallest absolute Gasteiger partial charge is 0.396 e. The van der Waals surface area contributed by atoms with E-state index in [1.165, 1.54) is 6.07 Å². The third-order valence-electron chi connectivity index (χ3n) is 2.01. The van der Waals surface area contributed by atoms with Gasteiger partial charge in [-0.2, -0.15) is 0 Å². The van der Waals surface area contributed by atoms with Gasteiger partial charge in [0.2, 0.25) is 0 Å². The van der Waals surface area contributed by atoms with Crippen molar-refractivity contribution in [2.45, 2.75) is 6.10 Å². The average molecular weight is 242 g/mol. The molecule has 3 N–H and O–H groups in total. The van der Waals surface area contributed by atoms with Crippen molar-refractivity contribution in [2.24, 2.45) is 0 Å². The molecule has 1 atom stereocenters. The van der Waals surface area contributed by atoms with Gasteiger partial charge in [-0.15, -0.1) is 0 Å². The van der Waals surface area contributed by atoms with Crippen LogP contribution in [0.15, 0.2) is 21.3 Å². The van der Waals surface area contributed by atoms with Gasteiger partial charge < -0.3 is 19.7 Å². The molecule has 0 saturated carbocycles. The Labute approximate surface area is 92.0 Å². The van der Waals surface area contributed by atoms with Crippen LogP contribution in [0.5, 0.6) is 5.75 Å². The fourth-order valence-electron chi connectivity index (χ4n) is 1.28. The second kappa shape index (κ2) is 3.62. The minimum Gasteiger partial charge on any atom is -0.507 e. The molecule has 6 nitrogen and oxygen atoms in total. The largest absolute Gasteiger partial charge is 0.507 e. The number of aliphatic carboxylic acids is 1. The maximum atomic E-state index is 10.9. The lowest BCUT2D eigenvalue weighted by molar-refractivity contribution is -0.147. The zero-order valence-corrected chi connectivity index (χ0v) is 8.52. The summed E-state index contributed by atoms with van der Waals surface area (Å²) >= 11 is 0.784. The first-order valence-electron chi connectivity index (χ1n) is 4.16. The van der Waals surface area contributed by atoms with Crippen LogP contribution in [0.25, 0.3) is 10.3 Å². The van der Waals surface area contributed by atoms with Crippen LogP contribution in [0.4, 0.5) is 0 Å². The Hall–Kier alpha value is -1.86. The van der Waals surface area contributed by atoms with Gasteiger partial charge in [0.15, 0.2) is 6.10 Å². The SMILES string of the molecule is O=C(O)C(O)c1cc2oc(=O)sc2cc1O. The predicted molar refractivity (Wildman–Crippen MR) is 54.6 cm³/mol. The number of aliphatic hydroxyl groups is 1. The molecular weight excluding hydrogens is 236 g/mol. The van der Waals surface area contributed by atoms with Gasteiger partial charge in [-0.3, -0.25) is 0 Å². The molecule has 1 aromatic heterocycles. The Morgan fingerprint density at radius 3 is 2.75 bits per heavy atom. The van der Waals surface area contributed by atoms with E-state index >= 15 is 0 Å². The normalized spacial score (nSPS) is 12.8. The third-order valence-corrected chi connectivity index (χ3v) is 2.80. The number of aliphatic hydroxyl groups excluding tert-OH is 1. The summed E-state index contributed by atoms with van der Waals surface area (Å²) in [6.07, 6.45) is -1.85. The molecule has 0 fully saturated rings. The molecule has 16 heavy (non-hydrogen) atoms. The van der Waals surface area contributed by atoms with E-state index in [1.807, 2.05) is 0 Å². The minimum absolute atomic E-state index is 0.142. The summed E-state index contributed by atoms with van der Waals surface area (Å²) in [5.41, 5.74) is -0.0651. The Morgan fingerprint density at radius 2 is 2.12 bits per heavy atom. The Morgan fingerprint density at radius 1 is 1.44 bits per heavy atom. The van der Waals surface area contributed by atoms with Gasteiger partial charge in [0, 0.05) is 11.6 Å². The lowest BCUT2D eigenvalue weighted by Gasteiger charge is -2.07. The monoisotopic (exact) mass is 242 g/mol. The lowest BCUT2D eigenvalue weighted by Crippen LogP contribution is -2.10. The highest BCUT2D eigenvalue weighted by atomic mass is 32.1. The van der Waals surface area contributed by atoms with Crippen molar-refractivity contribution in [2.75, 3.05) is 0 Å². The fraction of sp³-hybridized carbons (Fsp3) is 0.111. The molecule has 0 aliphatic carbocycles. The summed E-state index contributed by atoms with van der Waals surface area (Å²) in [6, 6.07) is 2.33. The zero-order valence-electron chi connectivity index (χ0n) is 7.71. The van der Waals surface area contributed by atoms with Gasteiger partial charge in [-0.1, -0.05) is 11.3 Å². The van der Waals surface area contributed by atoms with Crippen LogP contribution in [0.2, 0.25) is 0 Å². The van der Waals surface area contributed by atoms with Crippen molar-refractivity contribution in [3.8, 4) is 5.75 Å². The molecule has 0 radical (unpaired) electrons. The van der Waals surface area contributed by atoms with Crippen LogP contribution in [0, 0.1) is 0 Å².